The van der Waals surface area contributed by atoms with Gasteiger partial charge in [0, 0.05) is 22.6 Å². The van der Waals surface area contributed by atoms with Crippen LogP contribution >= 0.6 is 31.9 Å². The van der Waals surface area contributed by atoms with Gasteiger partial charge < -0.3 is 10.1 Å². The van der Waals surface area contributed by atoms with Crippen LogP contribution in [-0.2, 0) is 6.54 Å². The monoisotopic (exact) mass is 417 g/mol. The standard InChI is InChI=1S/C17H25Br2NO/c1-4-21-17-13(8-14(18)9-16(17)19)10-20-15-6-11(2)5-12(3)7-15/h8-9,11-12,15,20H,4-7,10H2,1-3H3. The number of halogens is 2. The van der Waals surface area contributed by atoms with E-state index in [0.29, 0.717) is 12.6 Å². The summed E-state index contributed by atoms with van der Waals surface area (Å²) in [7, 11) is 0. The van der Waals surface area contributed by atoms with Crippen molar-refractivity contribution in [2.75, 3.05) is 6.61 Å². The molecule has 21 heavy (non-hydrogen) atoms. The number of hydrogen-bond acceptors (Lipinski definition) is 2. The van der Waals surface area contributed by atoms with Crippen LogP contribution in [0.1, 0.15) is 45.6 Å². The molecule has 1 fully saturated rings. The van der Waals surface area contributed by atoms with E-state index in [1.165, 1.54) is 24.8 Å². The number of benzene rings is 1. The molecule has 0 radical (unpaired) electrons. The molecule has 0 aliphatic heterocycles. The van der Waals surface area contributed by atoms with E-state index in [9.17, 15) is 0 Å². The van der Waals surface area contributed by atoms with Crippen LogP contribution in [0.15, 0.2) is 21.1 Å². The lowest BCUT2D eigenvalue weighted by Gasteiger charge is -2.32. The highest BCUT2D eigenvalue weighted by atomic mass is 79.9. The zero-order valence-corrected chi connectivity index (χ0v) is 16.3. The van der Waals surface area contributed by atoms with Crippen LogP contribution in [0.5, 0.6) is 5.75 Å². The van der Waals surface area contributed by atoms with Crippen LogP contribution in [0.2, 0.25) is 0 Å². The largest absolute Gasteiger partial charge is 0.492 e. The predicted octanol–water partition coefficient (Wildman–Crippen LogP) is 5.52. The molecular weight excluding hydrogens is 394 g/mol. The average Bonchev–Trinajstić information content (AvgIpc) is 2.38. The minimum Gasteiger partial charge on any atom is -0.492 e. The number of hydrogen-bond donors (Lipinski definition) is 1. The normalized spacial score (nSPS) is 25.9. The highest BCUT2D eigenvalue weighted by Crippen LogP contribution is 2.34. The first-order valence-corrected chi connectivity index (χ1v) is 9.42. The van der Waals surface area contributed by atoms with Crippen molar-refractivity contribution in [2.24, 2.45) is 11.8 Å². The Morgan fingerprint density at radius 2 is 1.81 bits per heavy atom. The molecule has 2 nitrogen and oxygen atoms in total. The summed E-state index contributed by atoms with van der Waals surface area (Å²) in [4.78, 5) is 0. The summed E-state index contributed by atoms with van der Waals surface area (Å²) in [6, 6.07) is 4.81. The van der Waals surface area contributed by atoms with Gasteiger partial charge in [0.1, 0.15) is 5.75 Å². The fraction of sp³-hybridized carbons (Fsp3) is 0.647. The second kappa shape index (κ2) is 7.98. The molecule has 0 amide bonds. The molecule has 1 aliphatic carbocycles. The Kier molecular flexibility index (Phi) is 6.57. The Bertz CT molecular complexity index is 468. The third-order valence-electron chi connectivity index (χ3n) is 4.13. The molecule has 1 aromatic rings. The quantitative estimate of drug-likeness (QED) is 0.679. The predicted molar refractivity (Wildman–Crippen MR) is 95.8 cm³/mol. The molecule has 1 aromatic carbocycles. The molecule has 1 saturated carbocycles. The lowest BCUT2D eigenvalue weighted by Crippen LogP contribution is -2.36. The number of nitrogens with one attached hydrogen (secondary N) is 1. The van der Waals surface area contributed by atoms with Crippen molar-refractivity contribution >= 4 is 31.9 Å². The van der Waals surface area contributed by atoms with E-state index in [2.05, 4.69) is 57.1 Å². The first-order chi connectivity index (χ1) is 9.99. The van der Waals surface area contributed by atoms with Crippen LogP contribution in [-0.4, -0.2) is 12.6 Å². The number of ether oxygens (including phenoxy) is 1. The fourth-order valence-corrected chi connectivity index (χ4v) is 4.85. The van der Waals surface area contributed by atoms with Crippen molar-refractivity contribution in [1.29, 1.82) is 0 Å². The van der Waals surface area contributed by atoms with E-state index < -0.39 is 0 Å². The Balaban J connectivity index is 2.05. The van der Waals surface area contributed by atoms with Crippen LogP contribution < -0.4 is 10.1 Å². The highest BCUT2D eigenvalue weighted by Gasteiger charge is 2.23. The van der Waals surface area contributed by atoms with E-state index in [1.807, 2.05) is 13.0 Å². The van der Waals surface area contributed by atoms with Crippen LogP contribution in [0.4, 0.5) is 0 Å². The van der Waals surface area contributed by atoms with Crippen LogP contribution in [0.25, 0.3) is 0 Å². The van der Waals surface area contributed by atoms with Gasteiger partial charge in [-0.05, 0) is 66.1 Å². The van der Waals surface area contributed by atoms with Gasteiger partial charge in [-0.15, -0.1) is 0 Å². The Morgan fingerprint density at radius 1 is 1.14 bits per heavy atom. The molecule has 0 heterocycles. The maximum absolute atomic E-state index is 5.80. The molecule has 4 heteroatoms. The summed E-state index contributed by atoms with van der Waals surface area (Å²) in [5, 5.41) is 3.73. The SMILES string of the molecule is CCOc1c(Br)cc(Br)cc1CNC1CC(C)CC(C)C1. The Hall–Kier alpha value is -0.0600. The molecule has 2 rings (SSSR count). The van der Waals surface area contributed by atoms with Gasteiger partial charge in [-0.2, -0.15) is 0 Å². The summed E-state index contributed by atoms with van der Waals surface area (Å²) >= 11 is 7.17. The average molecular weight is 419 g/mol. The van der Waals surface area contributed by atoms with E-state index in [4.69, 9.17) is 4.74 Å². The molecule has 1 aliphatic rings. The van der Waals surface area contributed by atoms with Gasteiger partial charge in [0.15, 0.2) is 0 Å². The highest BCUT2D eigenvalue weighted by molar-refractivity contribution is 9.11. The third-order valence-corrected chi connectivity index (χ3v) is 5.18. The number of rotatable bonds is 5. The maximum atomic E-state index is 5.80. The molecule has 1 N–H and O–H groups in total. The van der Waals surface area contributed by atoms with Gasteiger partial charge in [0.25, 0.3) is 0 Å². The maximum Gasteiger partial charge on any atom is 0.138 e. The van der Waals surface area contributed by atoms with Crippen molar-refractivity contribution in [3.05, 3.63) is 26.6 Å². The smallest absolute Gasteiger partial charge is 0.138 e. The van der Waals surface area contributed by atoms with Crippen molar-refractivity contribution in [1.82, 2.24) is 5.32 Å². The lowest BCUT2D eigenvalue weighted by atomic mass is 9.80. The fourth-order valence-electron chi connectivity index (χ4n) is 3.42. The van der Waals surface area contributed by atoms with Crippen molar-refractivity contribution in [3.8, 4) is 5.75 Å². The second-order valence-electron chi connectivity index (χ2n) is 6.30. The van der Waals surface area contributed by atoms with Gasteiger partial charge in [0.05, 0.1) is 11.1 Å². The van der Waals surface area contributed by atoms with Crippen molar-refractivity contribution < 1.29 is 4.74 Å². The molecule has 118 valence electrons. The van der Waals surface area contributed by atoms with E-state index >= 15 is 0 Å². The summed E-state index contributed by atoms with van der Waals surface area (Å²) in [6.45, 7) is 8.30. The first-order valence-electron chi connectivity index (χ1n) is 7.83. The van der Waals surface area contributed by atoms with Crippen molar-refractivity contribution in [3.63, 3.8) is 0 Å². The third kappa shape index (κ3) is 4.97. The minimum atomic E-state index is 0.621. The molecule has 2 unspecified atom stereocenters. The summed E-state index contributed by atoms with van der Waals surface area (Å²) < 4.78 is 7.90. The molecule has 0 bridgehead atoms. The van der Waals surface area contributed by atoms with Gasteiger partial charge in [-0.3, -0.25) is 0 Å². The van der Waals surface area contributed by atoms with Gasteiger partial charge in [0.2, 0.25) is 0 Å². The lowest BCUT2D eigenvalue weighted by molar-refractivity contribution is 0.237. The van der Waals surface area contributed by atoms with Gasteiger partial charge in [-0.25, -0.2) is 0 Å². The molecule has 2 atom stereocenters. The Labute approximate surface area is 145 Å². The minimum absolute atomic E-state index is 0.621. The van der Waals surface area contributed by atoms with Crippen molar-refractivity contribution in [2.45, 2.75) is 52.6 Å². The zero-order valence-electron chi connectivity index (χ0n) is 13.1. The van der Waals surface area contributed by atoms with Crippen LogP contribution in [0, 0.1) is 11.8 Å². The Morgan fingerprint density at radius 3 is 2.43 bits per heavy atom. The van der Waals surface area contributed by atoms with Gasteiger partial charge in [-0.1, -0.05) is 29.8 Å². The summed E-state index contributed by atoms with van der Waals surface area (Å²) in [5.41, 5.74) is 1.21. The molecule has 0 saturated heterocycles. The first kappa shape index (κ1) is 17.3. The zero-order chi connectivity index (χ0) is 15.4. The topological polar surface area (TPSA) is 21.3 Å². The molecular formula is C17H25Br2NO. The van der Waals surface area contributed by atoms with E-state index in [1.54, 1.807) is 0 Å². The van der Waals surface area contributed by atoms with Gasteiger partial charge >= 0.3 is 0 Å². The van der Waals surface area contributed by atoms with E-state index in [0.717, 1.165) is 33.1 Å². The van der Waals surface area contributed by atoms with Crippen LogP contribution in [0.3, 0.4) is 0 Å². The molecule has 0 aromatic heterocycles. The summed E-state index contributed by atoms with van der Waals surface area (Å²) in [6.07, 6.45) is 3.93. The van der Waals surface area contributed by atoms with E-state index in [-0.39, 0.29) is 0 Å². The molecule has 0 spiro atoms. The second-order valence-corrected chi connectivity index (χ2v) is 8.07. The summed E-state index contributed by atoms with van der Waals surface area (Å²) in [5.74, 6) is 2.61.